The third kappa shape index (κ3) is 2.19. The Labute approximate surface area is 125 Å². The molecule has 0 saturated heterocycles. The predicted molar refractivity (Wildman–Crippen MR) is 86.1 cm³/mol. The number of nitrogens with zero attached hydrogens (tertiary/aromatic N) is 2. The molecule has 4 heteroatoms. The van der Waals surface area contributed by atoms with Gasteiger partial charge < -0.3 is 5.73 Å². The minimum atomic E-state index is -0.0913. The predicted octanol–water partition coefficient (Wildman–Crippen LogP) is 3.03. The molecule has 112 valence electrons. The average Bonchev–Trinajstić information content (AvgIpc) is 3.01. The van der Waals surface area contributed by atoms with Gasteiger partial charge >= 0.3 is 0 Å². The van der Waals surface area contributed by atoms with Crippen molar-refractivity contribution in [3.8, 4) is 5.69 Å². The van der Waals surface area contributed by atoms with Crippen LogP contribution < -0.4 is 11.3 Å². The lowest BCUT2D eigenvalue weighted by Crippen LogP contribution is -2.21. The Hall–Kier alpha value is -1.97. The van der Waals surface area contributed by atoms with Crippen LogP contribution in [0, 0.1) is 13.8 Å². The molecular formula is C17H23N3O. The SMILES string of the molecule is Cc1ccc(-n2c(=O)c(N)c(C3CCCC3)n2C)c(C)c1. The Kier molecular flexibility index (Phi) is 3.40. The summed E-state index contributed by atoms with van der Waals surface area (Å²) >= 11 is 0. The zero-order chi connectivity index (χ0) is 15.1. The van der Waals surface area contributed by atoms with Crippen LogP contribution in [0.2, 0.25) is 0 Å². The molecule has 0 aliphatic heterocycles. The molecule has 2 aromatic rings. The summed E-state index contributed by atoms with van der Waals surface area (Å²) in [5.41, 5.74) is 10.7. The van der Waals surface area contributed by atoms with Crippen molar-refractivity contribution < 1.29 is 0 Å². The molecule has 0 spiro atoms. The van der Waals surface area contributed by atoms with Gasteiger partial charge in [-0.2, -0.15) is 0 Å². The Morgan fingerprint density at radius 1 is 1.19 bits per heavy atom. The van der Waals surface area contributed by atoms with Crippen molar-refractivity contribution in [3.05, 3.63) is 45.4 Å². The van der Waals surface area contributed by atoms with Crippen molar-refractivity contribution >= 4 is 5.69 Å². The molecule has 0 bridgehead atoms. The fourth-order valence-corrected chi connectivity index (χ4v) is 3.64. The second kappa shape index (κ2) is 5.10. The molecule has 0 amide bonds. The second-order valence-corrected chi connectivity index (χ2v) is 6.21. The Bertz CT molecular complexity index is 733. The van der Waals surface area contributed by atoms with Crippen LogP contribution >= 0.6 is 0 Å². The highest BCUT2D eigenvalue weighted by Gasteiger charge is 2.26. The number of nitrogen functional groups attached to an aromatic ring is 1. The molecule has 1 aliphatic carbocycles. The minimum Gasteiger partial charge on any atom is -0.393 e. The van der Waals surface area contributed by atoms with E-state index in [4.69, 9.17) is 5.73 Å². The number of hydrogen-bond acceptors (Lipinski definition) is 2. The summed E-state index contributed by atoms with van der Waals surface area (Å²) in [7, 11) is 1.95. The van der Waals surface area contributed by atoms with E-state index >= 15 is 0 Å². The third-order valence-corrected chi connectivity index (χ3v) is 4.67. The van der Waals surface area contributed by atoms with Gasteiger partial charge in [-0.05, 0) is 38.3 Å². The van der Waals surface area contributed by atoms with E-state index in [1.165, 1.54) is 18.4 Å². The van der Waals surface area contributed by atoms with Gasteiger partial charge in [0.15, 0.2) is 0 Å². The molecule has 1 fully saturated rings. The van der Waals surface area contributed by atoms with Crippen LogP contribution in [0.25, 0.3) is 5.69 Å². The number of nitrogens with two attached hydrogens (primary N) is 1. The van der Waals surface area contributed by atoms with E-state index in [1.807, 2.05) is 30.8 Å². The van der Waals surface area contributed by atoms with Crippen molar-refractivity contribution in [3.63, 3.8) is 0 Å². The van der Waals surface area contributed by atoms with E-state index in [0.29, 0.717) is 11.6 Å². The van der Waals surface area contributed by atoms with Gasteiger partial charge in [0.25, 0.3) is 5.56 Å². The molecule has 4 nitrogen and oxygen atoms in total. The van der Waals surface area contributed by atoms with Crippen molar-refractivity contribution in [2.45, 2.75) is 45.4 Å². The van der Waals surface area contributed by atoms with E-state index in [0.717, 1.165) is 29.8 Å². The number of anilines is 1. The van der Waals surface area contributed by atoms with Crippen molar-refractivity contribution in [2.24, 2.45) is 7.05 Å². The molecule has 1 aromatic heterocycles. The maximum absolute atomic E-state index is 12.6. The highest BCUT2D eigenvalue weighted by molar-refractivity contribution is 5.50. The molecule has 0 radical (unpaired) electrons. The van der Waals surface area contributed by atoms with E-state index in [9.17, 15) is 4.79 Å². The lowest BCUT2D eigenvalue weighted by Gasteiger charge is -2.15. The smallest absolute Gasteiger partial charge is 0.294 e. The second-order valence-electron chi connectivity index (χ2n) is 6.21. The van der Waals surface area contributed by atoms with Crippen LogP contribution in [0.1, 0.15) is 48.4 Å². The molecule has 1 heterocycles. The quantitative estimate of drug-likeness (QED) is 0.922. The van der Waals surface area contributed by atoms with Crippen molar-refractivity contribution in [2.75, 3.05) is 5.73 Å². The van der Waals surface area contributed by atoms with E-state index in [2.05, 4.69) is 13.0 Å². The first-order chi connectivity index (χ1) is 10.0. The third-order valence-electron chi connectivity index (χ3n) is 4.67. The Balaban J connectivity index is 2.19. The van der Waals surface area contributed by atoms with Gasteiger partial charge in [-0.3, -0.25) is 9.48 Å². The standard InChI is InChI=1S/C17H23N3O/c1-11-8-9-14(12(2)10-11)20-17(21)15(18)16(19(20)3)13-6-4-5-7-13/h8-10,13H,4-7,18H2,1-3H3. The van der Waals surface area contributed by atoms with E-state index in [1.54, 1.807) is 4.68 Å². The first-order valence-corrected chi connectivity index (χ1v) is 7.65. The summed E-state index contributed by atoms with van der Waals surface area (Å²) in [4.78, 5) is 12.6. The molecule has 2 N–H and O–H groups in total. The molecule has 1 aromatic carbocycles. The molecular weight excluding hydrogens is 262 g/mol. The fraction of sp³-hybridized carbons (Fsp3) is 0.471. The summed E-state index contributed by atoms with van der Waals surface area (Å²) < 4.78 is 3.68. The zero-order valence-electron chi connectivity index (χ0n) is 13.0. The monoisotopic (exact) mass is 285 g/mol. The molecule has 1 aliphatic rings. The lowest BCUT2D eigenvalue weighted by molar-refractivity contribution is 0.567. The molecule has 21 heavy (non-hydrogen) atoms. The maximum atomic E-state index is 12.6. The van der Waals surface area contributed by atoms with Crippen LogP contribution in [-0.4, -0.2) is 9.36 Å². The van der Waals surface area contributed by atoms with Crippen LogP contribution in [-0.2, 0) is 7.05 Å². The summed E-state index contributed by atoms with van der Waals surface area (Å²) in [6, 6.07) is 6.14. The lowest BCUT2D eigenvalue weighted by atomic mass is 10.0. The Morgan fingerprint density at radius 3 is 2.48 bits per heavy atom. The molecule has 0 unspecified atom stereocenters. The molecule has 1 saturated carbocycles. The highest BCUT2D eigenvalue weighted by atomic mass is 16.1. The van der Waals surface area contributed by atoms with Gasteiger partial charge in [-0.25, -0.2) is 4.68 Å². The summed E-state index contributed by atoms with van der Waals surface area (Å²) in [6.45, 7) is 4.09. The first-order valence-electron chi connectivity index (χ1n) is 7.65. The van der Waals surface area contributed by atoms with Crippen LogP contribution in [0.4, 0.5) is 5.69 Å². The summed E-state index contributed by atoms with van der Waals surface area (Å²) in [5, 5.41) is 0. The molecule has 3 rings (SSSR count). The number of aryl methyl sites for hydroxylation is 2. The average molecular weight is 285 g/mol. The normalized spacial score (nSPS) is 15.8. The zero-order valence-corrected chi connectivity index (χ0v) is 13.0. The van der Waals surface area contributed by atoms with Crippen LogP contribution in [0.5, 0.6) is 0 Å². The number of rotatable bonds is 2. The number of aromatic nitrogens is 2. The first kappa shape index (κ1) is 14.0. The van der Waals surface area contributed by atoms with E-state index < -0.39 is 0 Å². The summed E-state index contributed by atoms with van der Waals surface area (Å²) in [5.74, 6) is 0.426. The number of hydrogen-bond donors (Lipinski definition) is 1. The number of benzene rings is 1. The van der Waals surface area contributed by atoms with Crippen LogP contribution in [0.15, 0.2) is 23.0 Å². The van der Waals surface area contributed by atoms with Gasteiger partial charge in [-0.1, -0.05) is 30.5 Å². The van der Waals surface area contributed by atoms with Gasteiger partial charge in [0.2, 0.25) is 0 Å². The van der Waals surface area contributed by atoms with Gasteiger partial charge in [0.05, 0.1) is 11.4 Å². The Morgan fingerprint density at radius 2 is 1.86 bits per heavy atom. The topological polar surface area (TPSA) is 52.9 Å². The summed E-state index contributed by atoms with van der Waals surface area (Å²) in [6.07, 6.45) is 4.73. The van der Waals surface area contributed by atoms with Crippen molar-refractivity contribution in [1.29, 1.82) is 0 Å². The van der Waals surface area contributed by atoms with Gasteiger partial charge in [-0.15, -0.1) is 0 Å². The maximum Gasteiger partial charge on any atom is 0.294 e. The van der Waals surface area contributed by atoms with Gasteiger partial charge in [0, 0.05) is 13.0 Å². The van der Waals surface area contributed by atoms with E-state index in [-0.39, 0.29) is 5.56 Å². The highest BCUT2D eigenvalue weighted by Crippen LogP contribution is 2.36. The van der Waals surface area contributed by atoms with Gasteiger partial charge in [0.1, 0.15) is 5.69 Å². The molecule has 0 atom stereocenters. The largest absolute Gasteiger partial charge is 0.393 e. The fourth-order valence-electron chi connectivity index (χ4n) is 3.64. The van der Waals surface area contributed by atoms with Crippen LogP contribution in [0.3, 0.4) is 0 Å². The van der Waals surface area contributed by atoms with Crippen molar-refractivity contribution in [1.82, 2.24) is 9.36 Å². The minimum absolute atomic E-state index is 0.0913.